The molecular formula is C16H24ClNOS. The van der Waals surface area contributed by atoms with Crippen molar-refractivity contribution < 1.29 is 4.74 Å². The van der Waals surface area contributed by atoms with Crippen LogP contribution in [-0.2, 0) is 11.3 Å². The molecule has 4 heteroatoms. The van der Waals surface area contributed by atoms with Crippen molar-refractivity contribution >= 4 is 23.4 Å². The topological polar surface area (TPSA) is 21.3 Å². The summed E-state index contributed by atoms with van der Waals surface area (Å²) in [4.78, 5) is 1.33. The first kappa shape index (κ1) is 16.2. The van der Waals surface area contributed by atoms with Crippen LogP contribution in [0.1, 0.15) is 32.8 Å². The van der Waals surface area contributed by atoms with E-state index in [0.29, 0.717) is 17.3 Å². The van der Waals surface area contributed by atoms with E-state index in [9.17, 15) is 0 Å². The Morgan fingerprint density at radius 2 is 2.25 bits per heavy atom. The first-order valence-electron chi connectivity index (χ1n) is 7.33. The Labute approximate surface area is 131 Å². The summed E-state index contributed by atoms with van der Waals surface area (Å²) in [5.74, 6) is 0.661. The molecule has 0 bridgehead atoms. The highest BCUT2D eigenvalue weighted by atomic mass is 35.5. The second-order valence-electron chi connectivity index (χ2n) is 5.80. The van der Waals surface area contributed by atoms with Crippen LogP contribution in [-0.4, -0.2) is 24.5 Å². The minimum absolute atomic E-state index is 0.340. The molecule has 112 valence electrons. The van der Waals surface area contributed by atoms with Gasteiger partial charge >= 0.3 is 0 Å². The van der Waals surface area contributed by atoms with E-state index in [1.807, 2.05) is 17.8 Å². The molecule has 0 radical (unpaired) electrons. The predicted molar refractivity (Wildman–Crippen MR) is 87.7 cm³/mol. The fourth-order valence-electron chi connectivity index (χ4n) is 2.33. The zero-order valence-corrected chi connectivity index (χ0v) is 14.1. The van der Waals surface area contributed by atoms with Crippen molar-refractivity contribution in [2.75, 3.05) is 13.2 Å². The molecule has 0 aromatic heterocycles. The number of ether oxygens (including phenoxy) is 1. The average Bonchev–Trinajstić information content (AvgIpc) is 2.78. The van der Waals surface area contributed by atoms with Gasteiger partial charge in [0.05, 0.1) is 6.10 Å². The van der Waals surface area contributed by atoms with E-state index in [1.54, 1.807) is 0 Å². The van der Waals surface area contributed by atoms with Crippen LogP contribution in [0.4, 0.5) is 0 Å². The lowest BCUT2D eigenvalue weighted by molar-refractivity contribution is 0.127. The molecule has 0 saturated carbocycles. The third-order valence-corrected chi connectivity index (χ3v) is 5.28. The summed E-state index contributed by atoms with van der Waals surface area (Å²) in [7, 11) is 0. The van der Waals surface area contributed by atoms with Crippen LogP contribution in [0.3, 0.4) is 0 Å². The maximum atomic E-state index is 6.14. The van der Waals surface area contributed by atoms with Gasteiger partial charge < -0.3 is 10.1 Å². The number of rotatable bonds is 6. The van der Waals surface area contributed by atoms with Crippen molar-refractivity contribution in [3.8, 4) is 0 Å². The van der Waals surface area contributed by atoms with Gasteiger partial charge in [0.25, 0.3) is 0 Å². The minimum Gasteiger partial charge on any atom is -0.377 e. The highest BCUT2D eigenvalue weighted by Gasteiger charge is 2.25. The third-order valence-electron chi connectivity index (χ3n) is 3.48. The van der Waals surface area contributed by atoms with Crippen molar-refractivity contribution in [3.05, 3.63) is 28.8 Å². The highest BCUT2D eigenvalue weighted by Crippen LogP contribution is 2.35. The summed E-state index contributed by atoms with van der Waals surface area (Å²) in [6.45, 7) is 9.39. The summed E-state index contributed by atoms with van der Waals surface area (Å²) < 4.78 is 5.65. The number of benzene rings is 1. The van der Waals surface area contributed by atoms with Crippen molar-refractivity contribution in [2.24, 2.45) is 5.92 Å². The molecule has 1 saturated heterocycles. The van der Waals surface area contributed by atoms with Crippen LogP contribution in [0.2, 0.25) is 5.02 Å². The van der Waals surface area contributed by atoms with E-state index in [2.05, 4.69) is 38.2 Å². The van der Waals surface area contributed by atoms with Crippen LogP contribution in [0.25, 0.3) is 0 Å². The van der Waals surface area contributed by atoms with Gasteiger partial charge in [-0.2, -0.15) is 0 Å². The zero-order valence-electron chi connectivity index (χ0n) is 12.5. The maximum Gasteiger partial charge on any atom is 0.0669 e. The summed E-state index contributed by atoms with van der Waals surface area (Å²) >= 11 is 8.07. The lowest BCUT2D eigenvalue weighted by Crippen LogP contribution is -2.20. The van der Waals surface area contributed by atoms with Crippen molar-refractivity contribution in [3.63, 3.8) is 0 Å². The molecule has 1 aliphatic rings. The monoisotopic (exact) mass is 313 g/mol. The van der Waals surface area contributed by atoms with Gasteiger partial charge in [0.1, 0.15) is 0 Å². The molecule has 0 spiro atoms. The summed E-state index contributed by atoms with van der Waals surface area (Å²) in [6, 6.07) is 6.21. The van der Waals surface area contributed by atoms with Gasteiger partial charge in [-0.3, -0.25) is 0 Å². The number of hydrogen-bond donors (Lipinski definition) is 1. The molecule has 2 unspecified atom stereocenters. The predicted octanol–water partition coefficient (Wildman–Crippen LogP) is 4.36. The van der Waals surface area contributed by atoms with Gasteiger partial charge in [0.15, 0.2) is 0 Å². The van der Waals surface area contributed by atoms with Crippen LogP contribution in [0.5, 0.6) is 0 Å². The van der Waals surface area contributed by atoms with E-state index in [-0.39, 0.29) is 0 Å². The molecule has 1 fully saturated rings. The molecule has 2 nitrogen and oxygen atoms in total. The number of halogens is 1. The molecular weight excluding hydrogens is 290 g/mol. The minimum atomic E-state index is 0.340. The smallest absolute Gasteiger partial charge is 0.0669 e. The Morgan fingerprint density at radius 1 is 1.45 bits per heavy atom. The molecule has 1 aliphatic heterocycles. The van der Waals surface area contributed by atoms with Gasteiger partial charge in [-0.15, -0.1) is 11.8 Å². The molecule has 1 aromatic carbocycles. The highest BCUT2D eigenvalue weighted by molar-refractivity contribution is 8.00. The Balaban J connectivity index is 2.03. The zero-order chi connectivity index (χ0) is 14.5. The van der Waals surface area contributed by atoms with Gasteiger partial charge in [-0.25, -0.2) is 0 Å². The average molecular weight is 314 g/mol. The quantitative estimate of drug-likeness (QED) is 0.843. The van der Waals surface area contributed by atoms with E-state index in [0.717, 1.165) is 31.1 Å². The molecule has 2 rings (SSSR count). The first-order chi connectivity index (χ1) is 9.56. The van der Waals surface area contributed by atoms with Crippen molar-refractivity contribution in [2.45, 2.75) is 50.0 Å². The van der Waals surface area contributed by atoms with Gasteiger partial charge in [0, 0.05) is 28.3 Å². The second-order valence-corrected chi connectivity index (χ2v) is 7.52. The Hall–Kier alpha value is -0.220. The number of hydrogen-bond acceptors (Lipinski definition) is 3. The van der Waals surface area contributed by atoms with Gasteiger partial charge in [0.2, 0.25) is 0 Å². The SMILES string of the molecule is CC(C)CNCc1cc(Cl)ccc1SC1CCOC1C. The van der Waals surface area contributed by atoms with Crippen molar-refractivity contribution in [1.82, 2.24) is 5.32 Å². The second kappa shape index (κ2) is 7.69. The van der Waals surface area contributed by atoms with Crippen LogP contribution >= 0.6 is 23.4 Å². The van der Waals surface area contributed by atoms with E-state index in [4.69, 9.17) is 16.3 Å². The largest absolute Gasteiger partial charge is 0.377 e. The summed E-state index contributed by atoms with van der Waals surface area (Å²) in [6.07, 6.45) is 1.47. The van der Waals surface area contributed by atoms with Crippen LogP contribution in [0.15, 0.2) is 23.1 Å². The first-order valence-corrected chi connectivity index (χ1v) is 8.59. The third kappa shape index (κ3) is 4.66. The fourth-order valence-corrected chi connectivity index (χ4v) is 3.76. The van der Waals surface area contributed by atoms with Gasteiger partial charge in [-0.05, 0) is 49.6 Å². The standard InChI is InChI=1S/C16H24ClNOS/c1-11(2)9-18-10-13-8-14(17)4-5-16(13)20-15-6-7-19-12(15)3/h4-5,8,11-12,15,18H,6-7,9-10H2,1-3H3. The molecule has 1 aromatic rings. The van der Waals surface area contributed by atoms with E-state index in [1.165, 1.54) is 10.5 Å². The number of thioether (sulfide) groups is 1. The summed E-state index contributed by atoms with van der Waals surface area (Å²) in [5, 5.41) is 4.87. The fraction of sp³-hybridized carbons (Fsp3) is 0.625. The molecule has 0 aliphatic carbocycles. The lowest BCUT2D eigenvalue weighted by atomic mass is 10.2. The molecule has 1 N–H and O–H groups in total. The van der Waals surface area contributed by atoms with Gasteiger partial charge in [-0.1, -0.05) is 25.4 Å². The van der Waals surface area contributed by atoms with E-state index >= 15 is 0 Å². The Morgan fingerprint density at radius 3 is 2.90 bits per heavy atom. The lowest BCUT2D eigenvalue weighted by Gasteiger charge is -2.17. The Bertz CT molecular complexity index is 438. The molecule has 20 heavy (non-hydrogen) atoms. The van der Waals surface area contributed by atoms with Crippen LogP contribution in [0, 0.1) is 5.92 Å². The van der Waals surface area contributed by atoms with E-state index < -0.39 is 0 Å². The summed E-state index contributed by atoms with van der Waals surface area (Å²) in [5.41, 5.74) is 1.29. The molecule has 0 amide bonds. The molecule has 2 atom stereocenters. The normalized spacial score (nSPS) is 22.6. The van der Waals surface area contributed by atoms with Crippen molar-refractivity contribution in [1.29, 1.82) is 0 Å². The number of nitrogens with one attached hydrogen (secondary N) is 1. The van der Waals surface area contributed by atoms with Crippen LogP contribution < -0.4 is 5.32 Å². The Kier molecular flexibility index (Phi) is 6.21. The maximum absolute atomic E-state index is 6.14. The molecule has 1 heterocycles.